The van der Waals surface area contributed by atoms with Crippen LogP contribution in [0.15, 0.2) is 12.7 Å². The van der Waals surface area contributed by atoms with Crippen molar-refractivity contribution in [2.45, 2.75) is 135 Å². The first-order chi connectivity index (χ1) is 22.5. The minimum absolute atomic E-state index is 0.414. The van der Waals surface area contributed by atoms with Crippen molar-refractivity contribution in [2.75, 3.05) is 13.2 Å². The van der Waals surface area contributed by atoms with Gasteiger partial charge >= 0.3 is 35.8 Å². The summed E-state index contributed by atoms with van der Waals surface area (Å²) in [6, 6.07) is 0. The van der Waals surface area contributed by atoms with E-state index in [1.165, 1.54) is 6.92 Å². The Bertz CT molecular complexity index is 1200. The van der Waals surface area contributed by atoms with Gasteiger partial charge in [0.1, 0.15) is 31.5 Å². The SMILES string of the molecule is C=CCCCC1(C)O[C@H]2O[C@H](COC(C)=O)[C@@H](O[C@@H]3O[C@H](COC(C)=O)[C@@H](OC(C)=O)[C@H](OC(C)=O)[C@H]3OC(C)=O)[C@H](OC(C)=O)[C@H]2O1. The maximum absolute atomic E-state index is 12.4. The molecule has 3 saturated heterocycles. The van der Waals surface area contributed by atoms with E-state index in [1.54, 1.807) is 13.0 Å². The predicted octanol–water partition coefficient (Wildman–Crippen LogP) is 1.16. The standard InChI is InChI=1S/C31H44O17/c1-9-10-11-12-31(8)47-28-26(42-19(6)36)24(22(14-39-16(3)33)45-30(28)48-31)46-29-27(43-20(7)37)25(41-18(5)35)23(40-17(4)34)21(44-29)13-38-15(2)32/h9,21-30H,1,10-14H2,2-8H3/t21-,22-,23-,24-,25+,26+,27-,28-,29+,30-,31?/m1/s1. The van der Waals surface area contributed by atoms with Gasteiger partial charge in [-0.25, -0.2) is 0 Å². The number of esters is 6. The number of hydrogen-bond acceptors (Lipinski definition) is 17. The van der Waals surface area contributed by atoms with Gasteiger partial charge in [0.15, 0.2) is 48.9 Å². The number of rotatable bonds is 14. The fraction of sp³-hybridized carbons (Fsp3) is 0.742. The van der Waals surface area contributed by atoms with Crippen molar-refractivity contribution in [1.29, 1.82) is 0 Å². The summed E-state index contributed by atoms with van der Waals surface area (Å²) in [5.74, 6) is -5.78. The lowest BCUT2D eigenvalue weighted by Crippen LogP contribution is -2.66. The highest BCUT2D eigenvalue weighted by Gasteiger charge is 2.60. The van der Waals surface area contributed by atoms with Crippen molar-refractivity contribution < 1.29 is 80.9 Å². The van der Waals surface area contributed by atoms with Crippen molar-refractivity contribution in [2.24, 2.45) is 0 Å². The van der Waals surface area contributed by atoms with Gasteiger partial charge in [-0.05, 0) is 19.8 Å². The maximum Gasteiger partial charge on any atom is 0.303 e. The second-order valence-corrected chi connectivity index (χ2v) is 11.6. The third kappa shape index (κ3) is 10.7. The molecule has 270 valence electrons. The molecule has 0 aliphatic carbocycles. The Hall–Kier alpha value is -3.64. The fourth-order valence-electron chi connectivity index (χ4n) is 5.62. The molecule has 11 atom stereocenters. The van der Waals surface area contributed by atoms with Crippen LogP contribution in [0.25, 0.3) is 0 Å². The lowest BCUT2D eigenvalue weighted by molar-refractivity contribution is -0.348. The van der Waals surface area contributed by atoms with Crippen molar-refractivity contribution in [3.8, 4) is 0 Å². The molecule has 3 rings (SSSR count). The van der Waals surface area contributed by atoms with Gasteiger partial charge in [0.2, 0.25) is 0 Å². The van der Waals surface area contributed by atoms with Crippen LogP contribution in [0, 0.1) is 0 Å². The van der Waals surface area contributed by atoms with E-state index >= 15 is 0 Å². The molecule has 3 aliphatic rings. The molecule has 0 spiro atoms. The van der Waals surface area contributed by atoms with Crippen molar-refractivity contribution in [3.63, 3.8) is 0 Å². The average molecular weight is 689 g/mol. The summed E-state index contributed by atoms with van der Waals surface area (Å²) in [6.07, 6.45) is -10.1. The van der Waals surface area contributed by atoms with E-state index in [0.29, 0.717) is 19.3 Å². The number of ether oxygens (including phenoxy) is 11. The third-order valence-corrected chi connectivity index (χ3v) is 7.37. The van der Waals surface area contributed by atoms with Crippen LogP contribution in [0.1, 0.15) is 67.7 Å². The molecule has 0 saturated carbocycles. The Kier molecular flexibility index (Phi) is 13.9. The van der Waals surface area contributed by atoms with E-state index in [0.717, 1.165) is 34.6 Å². The van der Waals surface area contributed by atoms with E-state index < -0.39 is 116 Å². The predicted molar refractivity (Wildman–Crippen MR) is 156 cm³/mol. The molecule has 3 fully saturated rings. The van der Waals surface area contributed by atoms with Crippen molar-refractivity contribution in [3.05, 3.63) is 12.7 Å². The van der Waals surface area contributed by atoms with Crippen LogP contribution in [0.4, 0.5) is 0 Å². The Morgan fingerprint density at radius 3 is 1.67 bits per heavy atom. The highest BCUT2D eigenvalue weighted by molar-refractivity contribution is 5.69. The van der Waals surface area contributed by atoms with Gasteiger partial charge in [0.25, 0.3) is 0 Å². The normalized spacial score (nSPS) is 34.1. The topological polar surface area (TPSA) is 204 Å². The number of carbonyl (C=O) groups excluding carboxylic acids is 6. The quantitative estimate of drug-likeness (QED) is 0.109. The van der Waals surface area contributed by atoms with Crippen LogP contribution < -0.4 is 0 Å². The van der Waals surface area contributed by atoms with Gasteiger partial charge < -0.3 is 52.1 Å². The largest absolute Gasteiger partial charge is 0.463 e. The van der Waals surface area contributed by atoms with E-state index in [1.807, 2.05) is 0 Å². The van der Waals surface area contributed by atoms with Crippen LogP contribution in [0.2, 0.25) is 0 Å². The lowest BCUT2D eigenvalue weighted by atomic mass is 9.96. The van der Waals surface area contributed by atoms with Gasteiger partial charge in [-0.3, -0.25) is 28.8 Å². The number of unbranched alkanes of at least 4 members (excludes halogenated alkanes) is 1. The highest BCUT2D eigenvalue weighted by Crippen LogP contribution is 2.42. The zero-order valence-electron chi connectivity index (χ0n) is 28.0. The first kappa shape index (κ1) is 38.8. The molecule has 17 heteroatoms. The smallest absolute Gasteiger partial charge is 0.303 e. The van der Waals surface area contributed by atoms with Crippen LogP contribution in [-0.2, 0) is 80.9 Å². The van der Waals surface area contributed by atoms with Gasteiger partial charge in [-0.15, -0.1) is 6.58 Å². The minimum Gasteiger partial charge on any atom is -0.463 e. The van der Waals surface area contributed by atoms with Crippen LogP contribution in [-0.4, -0.2) is 116 Å². The Balaban J connectivity index is 2.08. The molecule has 0 radical (unpaired) electrons. The summed E-state index contributed by atoms with van der Waals surface area (Å²) >= 11 is 0. The second kappa shape index (κ2) is 17.1. The number of hydrogen-bond donors (Lipinski definition) is 0. The van der Waals surface area contributed by atoms with E-state index in [4.69, 9.17) is 52.1 Å². The van der Waals surface area contributed by atoms with Gasteiger partial charge in [-0.2, -0.15) is 0 Å². The fourth-order valence-corrected chi connectivity index (χ4v) is 5.62. The molecule has 0 aromatic heterocycles. The molecule has 0 N–H and O–H groups in total. The summed E-state index contributed by atoms with van der Waals surface area (Å²) in [7, 11) is 0. The van der Waals surface area contributed by atoms with E-state index in [2.05, 4.69) is 6.58 Å². The Labute approximate surface area is 277 Å². The first-order valence-electron chi connectivity index (χ1n) is 15.4. The van der Waals surface area contributed by atoms with Gasteiger partial charge in [-0.1, -0.05) is 6.08 Å². The highest BCUT2D eigenvalue weighted by atomic mass is 16.8. The van der Waals surface area contributed by atoms with Crippen molar-refractivity contribution in [1.82, 2.24) is 0 Å². The summed E-state index contributed by atoms with van der Waals surface area (Å²) in [5, 5.41) is 0. The van der Waals surface area contributed by atoms with E-state index in [-0.39, 0.29) is 0 Å². The molecule has 1 unspecified atom stereocenters. The Morgan fingerprint density at radius 1 is 0.646 bits per heavy atom. The molecule has 0 aromatic rings. The maximum atomic E-state index is 12.4. The number of carbonyl (C=O) groups is 6. The van der Waals surface area contributed by atoms with E-state index in [9.17, 15) is 28.8 Å². The Morgan fingerprint density at radius 2 is 1.15 bits per heavy atom. The lowest BCUT2D eigenvalue weighted by Gasteiger charge is -2.47. The zero-order valence-corrected chi connectivity index (χ0v) is 28.0. The molecule has 0 bridgehead atoms. The summed E-state index contributed by atoms with van der Waals surface area (Å²) < 4.78 is 63.5. The second-order valence-electron chi connectivity index (χ2n) is 11.6. The number of fused-ring (bicyclic) bond motifs is 1. The molecule has 0 aromatic carbocycles. The van der Waals surface area contributed by atoms with Crippen LogP contribution in [0.3, 0.4) is 0 Å². The zero-order chi connectivity index (χ0) is 35.8. The molecule has 0 amide bonds. The number of allylic oxidation sites excluding steroid dienone is 1. The minimum atomic E-state index is -1.67. The molecule has 3 aliphatic heterocycles. The summed E-state index contributed by atoms with van der Waals surface area (Å²) in [6.45, 7) is 11.2. The van der Waals surface area contributed by atoms with Gasteiger partial charge in [0, 0.05) is 48.0 Å². The third-order valence-electron chi connectivity index (χ3n) is 7.37. The average Bonchev–Trinajstić information content (AvgIpc) is 3.30. The van der Waals surface area contributed by atoms with Crippen LogP contribution in [0.5, 0.6) is 0 Å². The molecular formula is C31H44O17. The molecule has 17 nitrogen and oxygen atoms in total. The molecule has 3 heterocycles. The van der Waals surface area contributed by atoms with Crippen molar-refractivity contribution >= 4 is 35.8 Å². The molecular weight excluding hydrogens is 644 g/mol. The monoisotopic (exact) mass is 688 g/mol. The first-order valence-corrected chi connectivity index (χ1v) is 15.4. The summed E-state index contributed by atoms with van der Waals surface area (Å²) in [5.41, 5.74) is 0. The van der Waals surface area contributed by atoms with Gasteiger partial charge in [0.05, 0.1) is 0 Å². The van der Waals surface area contributed by atoms with Crippen LogP contribution >= 0.6 is 0 Å². The molecule has 48 heavy (non-hydrogen) atoms. The summed E-state index contributed by atoms with van der Waals surface area (Å²) in [4.78, 5) is 72.7.